The molecule has 0 aliphatic rings. The predicted octanol–water partition coefficient (Wildman–Crippen LogP) is 1.48. The summed E-state index contributed by atoms with van der Waals surface area (Å²) in [4.78, 5) is 22.5. The number of ether oxygens (including phenoxy) is 1. The molecule has 0 heterocycles. The second-order valence-corrected chi connectivity index (χ2v) is 4.25. The molecule has 0 aliphatic heterocycles. The van der Waals surface area contributed by atoms with E-state index in [9.17, 15) is 9.59 Å². The molecule has 6 nitrogen and oxygen atoms in total. The number of hydrogen-bond acceptors (Lipinski definition) is 4. The smallest absolute Gasteiger partial charge is 0.328 e. The number of rotatable bonds is 8. The molecule has 0 fully saturated rings. The second-order valence-electron chi connectivity index (χ2n) is 4.25. The van der Waals surface area contributed by atoms with Crippen molar-refractivity contribution in [1.29, 1.82) is 0 Å². The average Bonchev–Trinajstić information content (AvgIpc) is 2.43. The Bertz CT molecular complexity index is 423. The van der Waals surface area contributed by atoms with Gasteiger partial charge in [0.25, 0.3) is 0 Å². The number of carbonyl (C=O) groups excluding carboxylic acids is 2. The van der Waals surface area contributed by atoms with Gasteiger partial charge in [-0.3, -0.25) is 0 Å². The maximum absolute atomic E-state index is 11.9. The number of hydrogen-bond donors (Lipinski definition) is 3. The van der Waals surface area contributed by atoms with E-state index < -0.39 is 12.1 Å². The number of carbonyl (C=O) groups is 2. The quantitative estimate of drug-likeness (QED) is 0.496. The van der Waals surface area contributed by atoms with Crippen LogP contribution in [0.15, 0.2) is 30.3 Å². The molecular formula is C14H21N3O3. The van der Waals surface area contributed by atoms with Crippen molar-refractivity contribution in [3.05, 3.63) is 30.3 Å². The van der Waals surface area contributed by atoms with E-state index in [4.69, 9.17) is 10.5 Å². The molecule has 0 saturated heterocycles. The van der Waals surface area contributed by atoms with E-state index in [1.165, 1.54) is 0 Å². The van der Waals surface area contributed by atoms with Gasteiger partial charge < -0.3 is 21.1 Å². The Kier molecular flexibility index (Phi) is 6.95. The largest absolute Gasteiger partial charge is 0.464 e. The number of para-hydroxylation sites is 1. The predicted molar refractivity (Wildman–Crippen MR) is 77.3 cm³/mol. The molecule has 1 rings (SSSR count). The molecule has 110 valence electrons. The van der Waals surface area contributed by atoms with Crippen LogP contribution < -0.4 is 16.4 Å². The summed E-state index contributed by atoms with van der Waals surface area (Å²) in [5.74, 6) is -0.296. The monoisotopic (exact) mass is 279 g/mol. The molecular weight excluding hydrogens is 258 g/mol. The molecule has 0 saturated carbocycles. The van der Waals surface area contributed by atoms with Gasteiger partial charge in [0.1, 0.15) is 6.04 Å². The fraction of sp³-hybridized carbons (Fsp3) is 0.429. The Morgan fingerprint density at radius 1 is 1.30 bits per heavy atom. The molecule has 1 aromatic rings. The molecule has 0 unspecified atom stereocenters. The van der Waals surface area contributed by atoms with E-state index in [2.05, 4.69) is 10.6 Å². The first-order valence-corrected chi connectivity index (χ1v) is 6.65. The Balaban J connectivity index is 2.51. The van der Waals surface area contributed by atoms with Gasteiger partial charge in [0.05, 0.1) is 6.61 Å². The third-order valence-corrected chi connectivity index (χ3v) is 2.65. The minimum atomic E-state index is -0.561. The van der Waals surface area contributed by atoms with E-state index in [0.29, 0.717) is 26.0 Å². The molecule has 0 aromatic heterocycles. The summed E-state index contributed by atoms with van der Waals surface area (Å²) in [5.41, 5.74) is 5.84. The molecule has 20 heavy (non-hydrogen) atoms. The number of amides is 2. The Morgan fingerprint density at radius 2 is 2.00 bits per heavy atom. The van der Waals surface area contributed by atoms with Crippen molar-refractivity contribution in [2.45, 2.75) is 25.8 Å². The normalized spacial score (nSPS) is 11.4. The van der Waals surface area contributed by atoms with Crippen molar-refractivity contribution in [3.8, 4) is 0 Å². The number of nitrogens with two attached hydrogens (primary N) is 1. The number of primary amides is 1. The summed E-state index contributed by atoms with van der Waals surface area (Å²) in [7, 11) is 0. The van der Waals surface area contributed by atoms with Crippen LogP contribution >= 0.6 is 0 Å². The number of benzene rings is 1. The van der Waals surface area contributed by atoms with Crippen molar-refractivity contribution in [3.63, 3.8) is 0 Å². The Morgan fingerprint density at radius 3 is 2.60 bits per heavy atom. The molecule has 1 aromatic carbocycles. The van der Waals surface area contributed by atoms with Gasteiger partial charge in [0, 0.05) is 12.2 Å². The zero-order valence-corrected chi connectivity index (χ0v) is 11.6. The first kappa shape index (κ1) is 15.8. The van der Waals surface area contributed by atoms with E-state index in [1.807, 2.05) is 30.3 Å². The minimum Gasteiger partial charge on any atom is -0.464 e. The van der Waals surface area contributed by atoms with Crippen LogP contribution in [0.1, 0.15) is 19.8 Å². The van der Waals surface area contributed by atoms with Crippen LogP contribution in [-0.2, 0) is 9.53 Å². The fourth-order valence-electron chi connectivity index (χ4n) is 1.75. The van der Waals surface area contributed by atoms with E-state index in [-0.39, 0.29) is 5.97 Å². The van der Waals surface area contributed by atoms with Crippen LogP contribution in [0.3, 0.4) is 0 Å². The lowest BCUT2D eigenvalue weighted by Crippen LogP contribution is -2.34. The zero-order valence-electron chi connectivity index (χ0n) is 11.6. The number of esters is 1. The summed E-state index contributed by atoms with van der Waals surface area (Å²) >= 11 is 0. The lowest BCUT2D eigenvalue weighted by molar-refractivity contribution is -0.144. The highest BCUT2D eigenvalue weighted by molar-refractivity contribution is 5.79. The third kappa shape index (κ3) is 6.08. The van der Waals surface area contributed by atoms with Crippen molar-refractivity contribution < 1.29 is 14.3 Å². The van der Waals surface area contributed by atoms with Crippen molar-refractivity contribution in [1.82, 2.24) is 5.32 Å². The van der Waals surface area contributed by atoms with E-state index in [1.54, 1.807) is 6.92 Å². The molecule has 1 atom stereocenters. The lowest BCUT2D eigenvalue weighted by Gasteiger charge is -2.18. The summed E-state index contributed by atoms with van der Waals surface area (Å²) in [5, 5.41) is 5.63. The van der Waals surface area contributed by atoms with Gasteiger partial charge in [-0.1, -0.05) is 18.2 Å². The van der Waals surface area contributed by atoms with Gasteiger partial charge in [-0.05, 0) is 31.9 Å². The van der Waals surface area contributed by atoms with E-state index in [0.717, 1.165) is 5.69 Å². The SMILES string of the molecule is CCOC(=O)[C@H](CCCNC(N)=O)Nc1ccccc1. The number of anilines is 1. The minimum absolute atomic E-state index is 0.296. The molecule has 0 bridgehead atoms. The summed E-state index contributed by atoms with van der Waals surface area (Å²) in [6, 6.07) is 8.45. The first-order valence-electron chi connectivity index (χ1n) is 6.65. The molecule has 0 aliphatic carbocycles. The number of nitrogens with one attached hydrogen (secondary N) is 2. The van der Waals surface area contributed by atoms with Crippen LogP contribution in [0.4, 0.5) is 10.5 Å². The van der Waals surface area contributed by atoms with Gasteiger partial charge in [-0.15, -0.1) is 0 Å². The molecule has 6 heteroatoms. The van der Waals surface area contributed by atoms with Crippen LogP contribution in [-0.4, -0.2) is 31.2 Å². The highest BCUT2D eigenvalue weighted by atomic mass is 16.5. The van der Waals surface area contributed by atoms with Gasteiger partial charge in [0.2, 0.25) is 0 Å². The van der Waals surface area contributed by atoms with Crippen LogP contribution in [0, 0.1) is 0 Å². The lowest BCUT2D eigenvalue weighted by atomic mass is 10.1. The van der Waals surface area contributed by atoms with Crippen LogP contribution in [0.25, 0.3) is 0 Å². The van der Waals surface area contributed by atoms with Crippen molar-refractivity contribution in [2.75, 3.05) is 18.5 Å². The third-order valence-electron chi connectivity index (χ3n) is 2.65. The highest BCUT2D eigenvalue weighted by Crippen LogP contribution is 2.11. The maximum atomic E-state index is 11.9. The van der Waals surface area contributed by atoms with Gasteiger partial charge in [-0.2, -0.15) is 0 Å². The molecule has 4 N–H and O–H groups in total. The second kappa shape index (κ2) is 8.79. The fourth-order valence-corrected chi connectivity index (χ4v) is 1.75. The first-order chi connectivity index (χ1) is 9.63. The Labute approximate surface area is 118 Å². The Hall–Kier alpha value is -2.24. The standard InChI is InChI=1S/C14H21N3O3/c1-2-20-13(18)12(9-6-10-16-14(15)19)17-11-7-4-3-5-8-11/h3-5,7-8,12,17H,2,6,9-10H2,1H3,(H3,15,16,19)/t12-/m0/s1. The summed E-state index contributed by atoms with van der Waals surface area (Å²) in [6.07, 6.45) is 1.18. The summed E-state index contributed by atoms with van der Waals surface area (Å²) in [6.45, 7) is 2.54. The van der Waals surface area contributed by atoms with E-state index >= 15 is 0 Å². The zero-order chi connectivity index (χ0) is 14.8. The highest BCUT2D eigenvalue weighted by Gasteiger charge is 2.19. The van der Waals surface area contributed by atoms with Gasteiger partial charge >= 0.3 is 12.0 Å². The van der Waals surface area contributed by atoms with Crippen LogP contribution in [0.5, 0.6) is 0 Å². The average molecular weight is 279 g/mol. The van der Waals surface area contributed by atoms with Crippen molar-refractivity contribution in [2.24, 2.45) is 5.73 Å². The molecule has 0 spiro atoms. The van der Waals surface area contributed by atoms with Gasteiger partial charge in [-0.25, -0.2) is 9.59 Å². The molecule has 2 amide bonds. The molecule has 0 radical (unpaired) electrons. The topological polar surface area (TPSA) is 93.4 Å². The van der Waals surface area contributed by atoms with Crippen molar-refractivity contribution >= 4 is 17.7 Å². The number of urea groups is 1. The maximum Gasteiger partial charge on any atom is 0.328 e. The van der Waals surface area contributed by atoms with Gasteiger partial charge in [0.15, 0.2) is 0 Å². The summed E-state index contributed by atoms with van der Waals surface area (Å²) < 4.78 is 5.04. The van der Waals surface area contributed by atoms with Crippen LogP contribution in [0.2, 0.25) is 0 Å².